The van der Waals surface area contributed by atoms with Gasteiger partial charge >= 0.3 is 0 Å². The fourth-order valence-electron chi connectivity index (χ4n) is 1.67. The normalized spacial score (nSPS) is 21.4. The molecule has 82 valence electrons. The van der Waals surface area contributed by atoms with Crippen LogP contribution in [0.25, 0.3) is 0 Å². The van der Waals surface area contributed by atoms with Gasteiger partial charge in [0.25, 0.3) is 0 Å². The van der Waals surface area contributed by atoms with Crippen LogP contribution in [0.4, 0.5) is 0 Å². The first-order valence-electron chi connectivity index (χ1n) is 6.31. The van der Waals surface area contributed by atoms with E-state index < -0.39 is 0 Å². The van der Waals surface area contributed by atoms with Crippen LogP contribution in [0.5, 0.6) is 0 Å². The van der Waals surface area contributed by atoms with Crippen LogP contribution < -0.4 is 0 Å². The Morgan fingerprint density at radius 2 is 2.07 bits per heavy atom. The summed E-state index contributed by atoms with van der Waals surface area (Å²) < 4.78 is 0. The molecule has 0 aliphatic heterocycles. The van der Waals surface area contributed by atoms with Crippen molar-refractivity contribution < 1.29 is 0 Å². The predicted molar refractivity (Wildman–Crippen MR) is 64.0 cm³/mol. The Kier molecular flexibility index (Phi) is 5.21. The van der Waals surface area contributed by atoms with E-state index in [2.05, 4.69) is 27.0 Å². The monoisotopic (exact) mass is 195 g/mol. The second-order valence-electron chi connectivity index (χ2n) is 4.73. The van der Waals surface area contributed by atoms with Crippen LogP contribution in [-0.2, 0) is 0 Å². The van der Waals surface area contributed by atoms with Gasteiger partial charge in [-0.2, -0.15) is 0 Å². The first-order valence-corrected chi connectivity index (χ1v) is 6.31. The first-order chi connectivity index (χ1) is 6.77. The second kappa shape index (κ2) is 6.21. The largest absolute Gasteiger partial charge is 0.294 e. The summed E-state index contributed by atoms with van der Waals surface area (Å²) in [6, 6.07) is 0.598. The minimum atomic E-state index is 0.598. The smallest absolute Gasteiger partial charge is 0.0521 e. The Labute approximate surface area is 89.0 Å². The summed E-state index contributed by atoms with van der Waals surface area (Å²) in [6.45, 7) is 6.87. The van der Waals surface area contributed by atoms with Crippen LogP contribution in [0.15, 0.2) is 4.99 Å². The van der Waals surface area contributed by atoms with E-state index >= 15 is 0 Å². The molecule has 0 aromatic carbocycles. The average molecular weight is 195 g/mol. The van der Waals surface area contributed by atoms with Crippen LogP contribution >= 0.6 is 0 Å². The van der Waals surface area contributed by atoms with Crippen molar-refractivity contribution >= 4 is 6.21 Å². The molecule has 0 spiro atoms. The molecule has 0 aromatic rings. The Morgan fingerprint density at radius 1 is 1.36 bits per heavy atom. The van der Waals surface area contributed by atoms with Crippen LogP contribution in [0.1, 0.15) is 59.3 Å². The van der Waals surface area contributed by atoms with E-state index in [0.717, 1.165) is 11.8 Å². The van der Waals surface area contributed by atoms with Gasteiger partial charge < -0.3 is 0 Å². The van der Waals surface area contributed by atoms with Crippen molar-refractivity contribution in [1.29, 1.82) is 0 Å². The Balaban J connectivity index is 2.33. The van der Waals surface area contributed by atoms with E-state index in [1.165, 1.54) is 38.5 Å². The number of aliphatic imine (C=N–C) groups is 1. The topological polar surface area (TPSA) is 12.4 Å². The fourth-order valence-corrected chi connectivity index (χ4v) is 1.67. The van der Waals surface area contributed by atoms with Crippen molar-refractivity contribution in [3.8, 4) is 0 Å². The molecule has 1 fully saturated rings. The van der Waals surface area contributed by atoms with Gasteiger partial charge in [0, 0.05) is 6.21 Å². The fraction of sp³-hybridized carbons (Fsp3) is 0.923. The van der Waals surface area contributed by atoms with E-state index in [-0.39, 0.29) is 0 Å². The van der Waals surface area contributed by atoms with Gasteiger partial charge in [0.05, 0.1) is 6.04 Å². The average Bonchev–Trinajstić information content (AvgIpc) is 3.01. The summed E-state index contributed by atoms with van der Waals surface area (Å²) >= 11 is 0. The highest BCUT2D eigenvalue weighted by Gasteiger charge is 2.20. The van der Waals surface area contributed by atoms with Crippen molar-refractivity contribution in [2.24, 2.45) is 16.8 Å². The minimum absolute atomic E-state index is 0.598. The zero-order valence-electron chi connectivity index (χ0n) is 10.00. The molecule has 1 saturated carbocycles. The van der Waals surface area contributed by atoms with Gasteiger partial charge in [0.15, 0.2) is 0 Å². The van der Waals surface area contributed by atoms with Crippen molar-refractivity contribution in [3.63, 3.8) is 0 Å². The number of unbranched alkanes of at least 4 members (excludes halogenated alkanes) is 1. The van der Waals surface area contributed by atoms with Crippen LogP contribution in [-0.4, -0.2) is 12.3 Å². The van der Waals surface area contributed by atoms with Crippen molar-refractivity contribution in [1.82, 2.24) is 0 Å². The molecule has 0 amide bonds. The summed E-state index contributed by atoms with van der Waals surface area (Å²) in [5.74, 6) is 1.60. The van der Waals surface area contributed by atoms with Gasteiger partial charge in [0.2, 0.25) is 0 Å². The molecule has 0 aromatic heterocycles. The van der Waals surface area contributed by atoms with Crippen LogP contribution in [0.3, 0.4) is 0 Å². The Hall–Kier alpha value is -0.330. The van der Waals surface area contributed by atoms with Crippen LogP contribution in [0, 0.1) is 11.8 Å². The van der Waals surface area contributed by atoms with E-state index in [9.17, 15) is 0 Å². The maximum Gasteiger partial charge on any atom is 0.0521 e. The molecule has 0 bridgehead atoms. The summed E-state index contributed by atoms with van der Waals surface area (Å²) in [5.41, 5.74) is 0. The highest BCUT2D eigenvalue weighted by molar-refractivity contribution is 5.63. The molecule has 1 heteroatoms. The van der Waals surface area contributed by atoms with E-state index in [1.807, 2.05) is 0 Å². The van der Waals surface area contributed by atoms with Gasteiger partial charge in [-0.25, -0.2) is 0 Å². The molecular formula is C13H25N. The Morgan fingerprint density at radius 3 is 2.57 bits per heavy atom. The molecule has 2 atom stereocenters. The van der Waals surface area contributed by atoms with E-state index in [4.69, 9.17) is 4.99 Å². The van der Waals surface area contributed by atoms with Gasteiger partial charge in [-0.15, -0.1) is 0 Å². The maximum absolute atomic E-state index is 4.77. The van der Waals surface area contributed by atoms with Crippen molar-refractivity contribution in [3.05, 3.63) is 0 Å². The molecule has 1 rings (SSSR count). The lowest BCUT2D eigenvalue weighted by atomic mass is 9.95. The number of hydrogen-bond acceptors (Lipinski definition) is 1. The molecule has 2 unspecified atom stereocenters. The maximum atomic E-state index is 4.77. The lowest BCUT2D eigenvalue weighted by Crippen LogP contribution is -2.15. The Bertz CT molecular complexity index is 170. The lowest BCUT2D eigenvalue weighted by Gasteiger charge is -2.18. The zero-order valence-corrected chi connectivity index (χ0v) is 10.00. The molecule has 1 nitrogen and oxygen atoms in total. The molecule has 1 aliphatic carbocycles. The molecule has 1 aliphatic rings. The van der Waals surface area contributed by atoms with Gasteiger partial charge in [-0.3, -0.25) is 4.99 Å². The lowest BCUT2D eigenvalue weighted by molar-refractivity contribution is 0.412. The number of nitrogens with zero attached hydrogens (tertiary/aromatic N) is 1. The third-order valence-electron chi connectivity index (χ3n) is 3.26. The van der Waals surface area contributed by atoms with E-state index in [0.29, 0.717) is 6.04 Å². The summed E-state index contributed by atoms with van der Waals surface area (Å²) in [4.78, 5) is 4.77. The highest BCUT2D eigenvalue weighted by Crippen LogP contribution is 2.27. The van der Waals surface area contributed by atoms with Gasteiger partial charge in [0.1, 0.15) is 0 Å². The molecule has 0 heterocycles. The third-order valence-corrected chi connectivity index (χ3v) is 3.26. The summed E-state index contributed by atoms with van der Waals surface area (Å²) in [7, 11) is 0. The van der Waals surface area contributed by atoms with Gasteiger partial charge in [-0.05, 0) is 31.1 Å². The van der Waals surface area contributed by atoms with Crippen LogP contribution in [0.2, 0.25) is 0 Å². The highest BCUT2D eigenvalue weighted by atomic mass is 14.8. The standard InChI is InChI=1S/C13H25N/c1-4-6-7-13(11(3)5-2)14-10-12-8-9-12/h10-13H,4-9H2,1-3H3/b14-10+. The molecule has 0 saturated heterocycles. The summed E-state index contributed by atoms with van der Waals surface area (Å²) in [6.07, 6.45) is 10.2. The van der Waals surface area contributed by atoms with Gasteiger partial charge in [-0.1, -0.05) is 40.0 Å². The number of hydrogen-bond donors (Lipinski definition) is 0. The van der Waals surface area contributed by atoms with E-state index in [1.54, 1.807) is 0 Å². The van der Waals surface area contributed by atoms with Crippen molar-refractivity contribution in [2.75, 3.05) is 0 Å². The molecular weight excluding hydrogens is 170 g/mol. The van der Waals surface area contributed by atoms with Crippen molar-refractivity contribution in [2.45, 2.75) is 65.3 Å². The second-order valence-corrected chi connectivity index (χ2v) is 4.73. The molecule has 0 radical (unpaired) electrons. The summed E-state index contributed by atoms with van der Waals surface area (Å²) in [5, 5.41) is 0. The quantitative estimate of drug-likeness (QED) is 0.543. The predicted octanol–water partition coefficient (Wildman–Crippen LogP) is 4.07. The molecule has 0 N–H and O–H groups in total. The minimum Gasteiger partial charge on any atom is -0.294 e. The third kappa shape index (κ3) is 4.26. The zero-order chi connectivity index (χ0) is 10.4. The number of rotatable bonds is 7. The SMILES string of the molecule is CCCCC(/N=C/C1CC1)C(C)CC. The molecule has 14 heavy (non-hydrogen) atoms. The first kappa shape index (κ1) is 11.7.